The molecule has 0 atom stereocenters. The predicted molar refractivity (Wildman–Crippen MR) is 109 cm³/mol. The van der Waals surface area contributed by atoms with Crippen LogP contribution < -0.4 is 9.47 Å². The molecule has 0 fully saturated rings. The summed E-state index contributed by atoms with van der Waals surface area (Å²) in [6.07, 6.45) is 0.945. The van der Waals surface area contributed by atoms with Crippen molar-refractivity contribution in [2.75, 3.05) is 20.8 Å². The van der Waals surface area contributed by atoms with Gasteiger partial charge in [0.25, 0.3) is 0 Å². The number of fused-ring (bicyclic) bond motifs is 1. The number of rotatable bonds is 5. The van der Waals surface area contributed by atoms with Crippen molar-refractivity contribution < 1.29 is 14.6 Å². The maximum absolute atomic E-state index is 9.97. The summed E-state index contributed by atoms with van der Waals surface area (Å²) in [6.45, 7) is 2.79. The average molecular weight is 381 g/mol. The van der Waals surface area contributed by atoms with Crippen LogP contribution in [0, 0.1) is 0 Å². The zero-order valence-corrected chi connectivity index (χ0v) is 16.4. The Hall–Kier alpha value is -2.50. The Morgan fingerprint density at radius 3 is 2.74 bits per heavy atom. The molecular formula is C22H23NO3S. The van der Waals surface area contributed by atoms with E-state index in [4.69, 9.17) is 9.47 Å². The van der Waals surface area contributed by atoms with Crippen LogP contribution in [0.4, 0.5) is 0 Å². The molecular weight excluding hydrogens is 358 g/mol. The molecule has 0 aliphatic carbocycles. The number of ether oxygens (including phenoxy) is 2. The van der Waals surface area contributed by atoms with E-state index in [-0.39, 0.29) is 5.75 Å². The van der Waals surface area contributed by atoms with E-state index < -0.39 is 0 Å². The number of hydrogen-bond acceptors (Lipinski definition) is 5. The Kier molecular flexibility index (Phi) is 5.05. The third kappa shape index (κ3) is 3.80. The second-order valence-electron chi connectivity index (χ2n) is 6.75. The molecule has 0 spiro atoms. The number of thiophene rings is 1. The van der Waals surface area contributed by atoms with Gasteiger partial charge >= 0.3 is 0 Å². The summed E-state index contributed by atoms with van der Waals surface area (Å²) < 4.78 is 10.6. The Labute approximate surface area is 163 Å². The van der Waals surface area contributed by atoms with Crippen molar-refractivity contribution in [3.8, 4) is 27.7 Å². The smallest absolute Gasteiger partial charge is 0.160 e. The van der Waals surface area contributed by atoms with E-state index in [9.17, 15) is 5.11 Å². The van der Waals surface area contributed by atoms with Gasteiger partial charge in [-0.25, -0.2) is 0 Å². The summed E-state index contributed by atoms with van der Waals surface area (Å²) in [5.74, 6) is 1.66. The van der Waals surface area contributed by atoms with Gasteiger partial charge in [0.15, 0.2) is 11.5 Å². The fourth-order valence-electron chi connectivity index (χ4n) is 3.55. The minimum Gasteiger partial charge on any atom is -0.504 e. The van der Waals surface area contributed by atoms with Crippen LogP contribution >= 0.6 is 11.3 Å². The highest BCUT2D eigenvalue weighted by molar-refractivity contribution is 7.15. The summed E-state index contributed by atoms with van der Waals surface area (Å²) in [7, 11) is 3.29. The minimum atomic E-state index is 0.228. The lowest BCUT2D eigenvalue weighted by atomic mass is 9.99. The first-order chi connectivity index (χ1) is 13.2. The number of methoxy groups -OCH3 is 2. The predicted octanol–water partition coefficient (Wildman–Crippen LogP) is 4.70. The second-order valence-corrected chi connectivity index (χ2v) is 7.92. The van der Waals surface area contributed by atoms with E-state index in [1.165, 1.54) is 26.4 Å². The molecule has 5 heteroatoms. The van der Waals surface area contributed by atoms with Crippen molar-refractivity contribution in [1.82, 2.24) is 4.90 Å². The van der Waals surface area contributed by atoms with E-state index in [0.717, 1.165) is 31.8 Å². The van der Waals surface area contributed by atoms with E-state index in [0.29, 0.717) is 5.75 Å². The number of phenolic OH excluding ortho intramolecular Hbond substituents is 1. The van der Waals surface area contributed by atoms with Crippen LogP contribution in [-0.4, -0.2) is 30.8 Å². The molecule has 0 saturated heterocycles. The summed E-state index contributed by atoms with van der Waals surface area (Å²) in [4.78, 5) is 5.05. The van der Waals surface area contributed by atoms with Gasteiger partial charge in [0.05, 0.1) is 14.2 Å². The zero-order valence-electron chi connectivity index (χ0n) is 15.6. The van der Waals surface area contributed by atoms with Gasteiger partial charge in [-0.3, -0.25) is 4.90 Å². The van der Waals surface area contributed by atoms with E-state index in [1.807, 2.05) is 35.6 Å². The zero-order chi connectivity index (χ0) is 18.8. The Bertz CT molecular complexity index is 950. The number of benzene rings is 2. The molecule has 2 aromatic carbocycles. The van der Waals surface area contributed by atoms with Crippen LogP contribution in [0.3, 0.4) is 0 Å². The van der Waals surface area contributed by atoms with Crippen molar-refractivity contribution in [3.63, 3.8) is 0 Å². The Morgan fingerprint density at radius 1 is 1.04 bits per heavy atom. The van der Waals surface area contributed by atoms with Gasteiger partial charge in [-0.15, -0.1) is 11.3 Å². The molecule has 0 saturated carbocycles. The quantitative estimate of drug-likeness (QED) is 0.696. The van der Waals surface area contributed by atoms with E-state index in [2.05, 4.69) is 29.2 Å². The van der Waals surface area contributed by atoms with Crippen LogP contribution in [0.1, 0.15) is 16.0 Å². The lowest BCUT2D eigenvalue weighted by Gasteiger charge is -2.28. The van der Waals surface area contributed by atoms with Crippen LogP contribution in [0.5, 0.6) is 17.2 Å². The minimum absolute atomic E-state index is 0.228. The molecule has 1 aliphatic rings. The lowest BCUT2D eigenvalue weighted by molar-refractivity contribution is 0.246. The van der Waals surface area contributed by atoms with Gasteiger partial charge in [-0.1, -0.05) is 12.1 Å². The molecule has 0 unspecified atom stereocenters. The first-order valence-corrected chi connectivity index (χ1v) is 9.82. The molecule has 140 valence electrons. The van der Waals surface area contributed by atoms with Crippen molar-refractivity contribution in [2.24, 2.45) is 0 Å². The Balaban J connectivity index is 1.48. The lowest BCUT2D eigenvalue weighted by Crippen LogP contribution is -2.29. The fourth-order valence-corrected chi connectivity index (χ4v) is 4.59. The third-order valence-corrected chi connectivity index (χ3v) is 6.11. The first kappa shape index (κ1) is 17.9. The molecule has 2 heterocycles. The second kappa shape index (κ2) is 7.62. The Morgan fingerprint density at radius 2 is 1.93 bits per heavy atom. The monoisotopic (exact) mass is 381 g/mol. The van der Waals surface area contributed by atoms with Gasteiger partial charge in [0.1, 0.15) is 5.75 Å². The molecule has 4 nitrogen and oxygen atoms in total. The highest BCUT2D eigenvalue weighted by Crippen LogP contribution is 2.34. The molecule has 0 radical (unpaired) electrons. The molecule has 27 heavy (non-hydrogen) atoms. The fraction of sp³-hybridized carbons (Fsp3) is 0.273. The van der Waals surface area contributed by atoms with Crippen LogP contribution in [0.25, 0.3) is 10.4 Å². The normalized spacial score (nSPS) is 14.0. The largest absolute Gasteiger partial charge is 0.504 e. The number of phenols is 1. The number of nitrogens with zero attached hydrogens (tertiary/aromatic N) is 1. The summed E-state index contributed by atoms with van der Waals surface area (Å²) in [5.41, 5.74) is 3.64. The molecule has 1 aliphatic heterocycles. The summed E-state index contributed by atoms with van der Waals surface area (Å²) in [6, 6.07) is 16.4. The van der Waals surface area contributed by atoms with Crippen molar-refractivity contribution in [3.05, 3.63) is 64.5 Å². The topological polar surface area (TPSA) is 41.9 Å². The van der Waals surface area contributed by atoms with Crippen molar-refractivity contribution >= 4 is 11.3 Å². The van der Waals surface area contributed by atoms with Gasteiger partial charge < -0.3 is 14.6 Å². The molecule has 4 rings (SSSR count). The van der Waals surface area contributed by atoms with Crippen LogP contribution in [0.2, 0.25) is 0 Å². The molecule has 3 aromatic rings. The van der Waals surface area contributed by atoms with Crippen molar-refractivity contribution in [2.45, 2.75) is 19.5 Å². The van der Waals surface area contributed by atoms with Gasteiger partial charge in [-0.05, 0) is 59.5 Å². The van der Waals surface area contributed by atoms with E-state index in [1.54, 1.807) is 14.2 Å². The molecule has 1 aromatic heterocycles. The van der Waals surface area contributed by atoms with Gasteiger partial charge in [0, 0.05) is 29.4 Å². The van der Waals surface area contributed by atoms with Crippen molar-refractivity contribution in [1.29, 1.82) is 0 Å². The SMILES string of the molecule is COc1cccc(-c2ccc(CN3CCc4cc(O)c(OC)cc4C3)s2)c1. The van der Waals surface area contributed by atoms with Gasteiger partial charge in [0.2, 0.25) is 0 Å². The highest BCUT2D eigenvalue weighted by atomic mass is 32.1. The molecule has 0 amide bonds. The summed E-state index contributed by atoms with van der Waals surface area (Å²) in [5, 5.41) is 9.97. The summed E-state index contributed by atoms with van der Waals surface area (Å²) >= 11 is 1.83. The maximum Gasteiger partial charge on any atom is 0.160 e. The molecule has 0 bridgehead atoms. The van der Waals surface area contributed by atoms with Crippen LogP contribution in [0.15, 0.2) is 48.5 Å². The average Bonchev–Trinajstić information content (AvgIpc) is 3.16. The van der Waals surface area contributed by atoms with Gasteiger partial charge in [-0.2, -0.15) is 0 Å². The van der Waals surface area contributed by atoms with Crippen LogP contribution in [-0.2, 0) is 19.5 Å². The maximum atomic E-state index is 9.97. The number of aromatic hydroxyl groups is 1. The first-order valence-electron chi connectivity index (χ1n) is 9.00. The highest BCUT2D eigenvalue weighted by Gasteiger charge is 2.19. The number of hydrogen-bond donors (Lipinski definition) is 1. The van der Waals surface area contributed by atoms with E-state index >= 15 is 0 Å². The third-order valence-electron chi connectivity index (χ3n) is 4.99. The standard InChI is InChI=1S/C22H23NO3S/c1-25-18-5-3-4-16(10-18)22-7-6-19(27-22)14-23-9-8-15-11-20(24)21(26-2)12-17(15)13-23/h3-7,10-12,24H,8-9,13-14H2,1-2H3. The molecule has 1 N–H and O–H groups in total.